The second-order valence-electron chi connectivity index (χ2n) is 5.70. The largest absolute Gasteiger partial charge is 0.488 e. The van der Waals surface area contributed by atoms with Crippen molar-refractivity contribution in [1.82, 2.24) is 10.8 Å². The summed E-state index contributed by atoms with van der Waals surface area (Å²) >= 11 is 0. The molecule has 150 valence electrons. The van der Waals surface area contributed by atoms with Crippen molar-refractivity contribution >= 4 is 41.7 Å². The number of nitrogens with one attached hydrogen (secondary N) is 3. The Balaban J connectivity index is 2.04. The van der Waals surface area contributed by atoms with E-state index in [1.54, 1.807) is 0 Å². The van der Waals surface area contributed by atoms with E-state index in [0.29, 0.717) is 0 Å². The molecule has 0 saturated carbocycles. The number of carbonyl (C=O) groups is 3. The second-order valence-corrected chi connectivity index (χ2v) is 5.70. The molecule has 0 unspecified atom stereocenters. The first-order valence-electron chi connectivity index (χ1n) is 7.99. The van der Waals surface area contributed by atoms with Crippen LogP contribution in [0.1, 0.15) is 20.7 Å². The molecule has 0 heterocycles. The van der Waals surface area contributed by atoms with Gasteiger partial charge in [0.2, 0.25) is 5.91 Å². The Hall–Kier alpha value is -3.81. The maximum absolute atomic E-state index is 12.2. The van der Waals surface area contributed by atoms with Crippen molar-refractivity contribution < 1.29 is 34.6 Å². The molecule has 6 N–H and O–H groups in total. The molecular weight excluding hydrogens is 387 g/mol. The zero-order valence-electron chi connectivity index (χ0n) is 14.7. The van der Waals surface area contributed by atoms with E-state index >= 15 is 0 Å². The quantitative estimate of drug-likeness (QED) is 0.143. The lowest BCUT2D eigenvalue weighted by atomic mass is 9.79. The van der Waals surface area contributed by atoms with Crippen LogP contribution in [0.2, 0.25) is 0 Å². The van der Waals surface area contributed by atoms with Crippen LogP contribution >= 0.6 is 0 Å². The van der Waals surface area contributed by atoms with Gasteiger partial charge in [-0.1, -0.05) is 6.07 Å². The summed E-state index contributed by atoms with van der Waals surface area (Å²) in [6.45, 7) is -0.505. The summed E-state index contributed by atoms with van der Waals surface area (Å²) in [4.78, 5) is 45.6. The molecule has 12 nitrogen and oxygen atoms in total. The lowest BCUT2D eigenvalue weighted by Crippen LogP contribution is -2.35. The summed E-state index contributed by atoms with van der Waals surface area (Å²) in [6.07, 6.45) is 0. The number of nitro groups is 1. The van der Waals surface area contributed by atoms with Gasteiger partial charge in [-0.2, -0.15) is 0 Å². The van der Waals surface area contributed by atoms with Crippen LogP contribution in [0, 0.1) is 10.1 Å². The highest BCUT2D eigenvalue weighted by Gasteiger charge is 2.20. The average molecular weight is 402 g/mol. The summed E-state index contributed by atoms with van der Waals surface area (Å²) in [5, 5.41) is 42.6. The number of hydrogen-bond donors (Lipinski definition) is 6. The zero-order valence-corrected chi connectivity index (χ0v) is 14.7. The molecule has 0 fully saturated rings. The number of amides is 3. The van der Waals surface area contributed by atoms with Crippen LogP contribution in [0.25, 0.3) is 0 Å². The van der Waals surface area contributed by atoms with Gasteiger partial charge in [0.05, 0.1) is 11.5 Å². The second kappa shape index (κ2) is 9.41. The van der Waals surface area contributed by atoms with Crippen LogP contribution < -0.4 is 21.6 Å². The summed E-state index contributed by atoms with van der Waals surface area (Å²) in [5.74, 6) is -2.28. The van der Waals surface area contributed by atoms with Gasteiger partial charge >= 0.3 is 7.12 Å². The Kier molecular flexibility index (Phi) is 6.97. The fourth-order valence-electron chi connectivity index (χ4n) is 2.29. The molecule has 0 spiro atoms. The Morgan fingerprint density at radius 3 is 2.38 bits per heavy atom. The van der Waals surface area contributed by atoms with Crippen molar-refractivity contribution in [3.8, 4) is 0 Å². The number of nitrogens with zero attached hydrogens (tertiary/aromatic N) is 1. The van der Waals surface area contributed by atoms with Gasteiger partial charge in [-0.3, -0.25) is 29.7 Å². The average Bonchev–Trinajstić information content (AvgIpc) is 2.71. The molecule has 3 amide bonds. The van der Waals surface area contributed by atoms with E-state index in [4.69, 9.17) is 5.21 Å². The Bertz CT molecular complexity index is 966. The fraction of sp³-hybridized carbons (Fsp3) is 0.0625. The third-order valence-corrected chi connectivity index (χ3v) is 3.63. The number of hydrogen-bond acceptors (Lipinski definition) is 8. The van der Waals surface area contributed by atoms with Gasteiger partial charge in [-0.05, 0) is 29.7 Å². The van der Waals surface area contributed by atoms with Gasteiger partial charge in [-0.25, -0.2) is 5.48 Å². The van der Waals surface area contributed by atoms with E-state index in [0.717, 1.165) is 18.2 Å². The first-order valence-corrected chi connectivity index (χ1v) is 7.99. The van der Waals surface area contributed by atoms with E-state index in [9.17, 15) is 34.5 Å². The molecule has 0 aliphatic heterocycles. The monoisotopic (exact) mass is 402 g/mol. The molecule has 0 aliphatic carbocycles. The van der Waals surface area contributed by atoms with E-state index in [1.165, 1.54) is 29.7 Å². The van der Waals surface area contributed by atoms with Crippen molar-refractivity contribution in [3.63, 3.8) is 0 Å². The highest BCUT2D eigenvalue weighted by molar-refractivity contribution is 6.58. The lowest BCUT2D eigenvalue weighted by molar-refractivity contribution is -0.384. The predicted octanol–water partition coefficient (Wildman–Crippen LogP) is -1.24. The van der Waals surface area contributed by atoms with Crippen molar-refractivity contribution in [2.45, 2.75) is 0 Å². The maximum Gasteiger partial charge on any atom is 0.488 e. The van der Waals surface area contributed by atoms with Gasteiger partial charge < -0.3 is 20.7 Å². The molecule has 2 rings (SSSR count). The zero-order chi connectivity index (χ0) is 21.6. The van der Waals surface area contributed by atoms with Gasteiger partial charge in [0.1, 0.15) is 0 Å². The molecule has 0 saturated heterocycles. The Morgan fingerprint density at radius 1 is 1.03 bits per heavy atom. The topological polar surface area (TPSA) is 191 Å². The molecule has 2 aromatic rings. The SMILES string of the molecule is O=C(CNC(=O)c1cc(B(O)O)cc([N+](=O)[O-])c1)Nc1cccc(C(=O)NO)c1. The lowest BCUT2D eigenvalue weighted by Gasteiger charge is -2.09. The van der Waals surface area contributed by atoms with Gasteiger partial charge in [0.15, 0.2) is 0 Å². The number of hydroxylamine groups is 1. The molecule has 0 aliphatic rings. The third kappa shape index (κ3) is 5.84. The number of anilines is 1. The minimum Gasteiger partial charge on any atom is -0.423 e. The Labute approximate surface area is 163 Å². The van der Waals surface area contributed by atoms with Crippen LogP contribution in [0.15, 0.2) is 42.5 Å². The number of benzene rings is 2. The number of nitro benzene ring substituents is 1. The Morgan fingerprint density at radius 2 is 1.76 bits per heavy atom. The highest BCUT2D eigenvalue weighted by Crippen LogP contribution is 2.13. The maximum atomic E-state index is 12.2. The van der Waals surface area contributed by atoms with Gasteiger partial charge in [0.25, 0.3) is 17.5 Å². The molecular formula is C16H15BN4O8. The summed E-state index contributed by atoms with van der Waals surface area (Å²) < 4.78 is 0. The van der Waals surface area contributed by atoms with Gasteiger partial charge in [0, 0.05) is 28.9 Å². The van der Waals surface area contributed by atoms with Crippen LogP contribution in [0.3, 0.4) is 0 Å². The van der Waals surface area contributed by atoms with Crippen molar-refractivity contribution in [1.29, 1.82) is 0 Å². The minimum absolute atomic E-state index is 0.0843. The first-order chi connectivity index (χ1) is 13.7. The summed E-state index contributed by atoms with van der Waals surface area (Å²) in [5.41, 5.74) is 0.745. The highest BCUT2D eigenvalue weighted by atomic mass is 16.6. The predicted molar refractivity (Wildman–Crippen MR) is 99.6 cm³/mol. The fourth-order valence-corrected chi connectivity index (χ4v) is 2.29. The van der Waals surface area contributed by atoms with Crippen LogP contribution in [0.4, 0.5) is 11.4 Å². The van der Waals surface area contributed by atoms with Crippen LogP contribution in [0.5, 0.6) is 0 Å². The number of rotatable bonds is 7. The molecule has 29 heavy (non-hydrogen) atoms. The van der Waals surface area contributed by atoms with E-state index in [-0.39, 0.29) is 22.3 Å². The normalized spacial score (nSPS) is 10.0. The number of carbonyl (C=O) groups excluding carboxylic acids is 3. The van der Waals surface area contributed by atoms with Crippen molar-refractivity contribution in [2.75, 3.05) is 11.9 Å². The number of non-ortho nitro benzene ring substituents is 1. The smallest absolute Gasteiger partial charge is 0.423 e. The molecule has 13 heteroatoms. The van der Waals surface area contributed by atoms with E-state index in [2.05, 4.69) is 10.6 Å². The third-order valence-electron chi connectivity index (χ3n) is 3.63. The van der Waals surface area contributed by atoms with Crippen molar-refractivity contribution in [2.24, 2.45) is 0 Å². The van der Waals surface area contributed by atoms with Crippen LogP contribution in [-0.2, 0) is 4.79 Å². The van der Waals surface area contributed by atoms with Crippen molar-refractivity contribution in [3.05, 3.63) is 63.7 Å². The molecule has 0 bridgehead atoms. The van der Waals surface area contributed by atoms with Gasteiger partial charge in [-0.15, -0.1) is 0 Å². The molecule has 0 radical (unpaired) electrons. The minimum atomic E-state index is -2.02. The standard InChI is InChI=1S/C16H15BN4O8/c22-14(19-12-3-1-2-9(5-12)16(24)20-27)8-18-15(23)10-4-11(17(25)26)7-13(6-10)21(28)29/h1-7,25-27H,8H2,(H,18,23)(H,19,22)(H,20,24). The van der Waals surface area contributed by atoms with Crippen LogP contribution in [-0.4, -0.2) is 51.6 Å². The summed E-state index contributed by atoms with van der Waals surface area (Å²) in [6, 6.07) is 8.51. The van der Waals surface area contributed by atoms with E-state index in [1.807, 2.05) is 0 Å². The first kappa shape index (κ1) is 21.5. The summed E-state index contributed by atoms with van der Waals surface area (Å²) in [7, 11) is -2.02. The molecule has 2 aromatic carbocycles. The molecule has 0 atom stereocenters. The molecule has 0 aromatic heterocycles. The van der Waals surface area contributed by atoms with E-state index < -0.39 is 42.0 Å².